The minimum atomic E-state index is -0.0283. The molecule has 0 unspecified atom stereocenters. The van der Waals surface area contributed by atoms with E-state index >= 15 is 0 Å². The van der Waals surface area contributed by atoms with Crippen LogP contribution in [0.15, 0.2) is 42.6 Å². The molecule has 6 heteroatoms. The zero-order valence-electron chi connectivity index (χ0n) is 15.1. The number of hydrogen-bond donors (Lipinski definition) is 1. The van der Waals surface area contributed by atoms with Gasteiger partial charge in [0.05, 0.1) is 0 Å². The number of pyridine rings is 1. The molecular formula is C20H23N5O. The van der Waals surface area contributed by atoms with Crippen molar-refractivity contribution < 1.29 is 4.79 Å². The Hall–Kier alpha value is -2.89. The van der Waals surface area contributed by atoms with Crippen molar-refractivity contribution in [3.63, 3.8) is 0 Å². The number of nitrogens with one attached hydrogen (secondary N) is 1. The van der Waals surface area contributed by atoms with Crippen LogP contribution in [-0.4, -0.2) is 38.6 Å². The van der Waals surface area contributed by atoms with Gasteiger partial charge in [-0.15, -0.1) is 0 Å². The maximum atomic E-state index is 12.5. The van der Waals surface area contributed by atoms with Crippen LogP contribution in [-0.2, 0) is 0 Å². The van der Waals surface area contributed by atoms with Crippen LogP contribution in [0.3, 0.4) is 0 Å². The van der Waals surface area contributed by atoms with E-state index in [0.717, 1.165) is 54.2 Å². The lowest BCUT2D eigenvalue weighted by atomic mass is 10.0. The van der Waals surface area contributed by atoms with E-state index in [1.165, 1.54) is 0 Å². The van der Waals surface area contributed by atoms with E-state index < -0.39 is 0 Å². The molecule has 0 saturated carbocycles. The second-order valence-electron chi connectivity index (χ2n) is 6.89. The van der Waals surface area contributed by atoms with Gasteiger partial charge in [-0.05, 0) is 56.5 Å². The van der Waals surface area contributed by atoms with Crippen LogP contribution in [0, 0.1) is 13.8 Å². The first-order chi connectivity index (χ1) is 12.6. The third-order valence-electron chi connectivity index (χ3n) is 5.01. The third-order valence-corrected chi connectivity index (χ3v) is 5.01. The van der Waals surface area contributed by atoms with Gasteiger partial charge in [0.25, 0.3) is 0 Å². The molecule has 3 heterocycles. The van der Waals surface area contributed by atoms with E-state index in [2.05, 4.69) is 19.9 Å². The molecule has 1 saturated heterocycles. The van der Waals surface area contributed by atoms with E-state index in [4.69, 9.17) is 0 Å². The topological polar surface area (TPSA) is 63.1 Å². The predicted octanol–water partition coefficient (Wildman–Crippen LogP) is 3.92. The zero-order chi connectivity index (χ0) is 18.1. The van der Waals surface area contributed by atoms with Crippen molar-refractivity contribution in [3.05, 3.63) is 54.0 Å². The van der Waals surface area contributed by atoms with Crippen LogP contribution in [0.2, 0.25) is 0 Å². The lowest BCUT2D eigenvalue weighted by Gasteiger charge is -2.33. The monoisotopic (exact) mass is 349 g/mol. The zero-order valence-corrected chi connectivity index (χ0v) is 15.1. The number of anilines is 1. The van der Waals surface area contributed by atoms with Crippen molar-refractivity contribution in [2.24, 2.45) is 0 Å². The quantitative estimate of drug-likeness (QED) is 0.763. The Kier molecular flexibility index (Phi) is 4.32. The molecule has 1 aromatic carbocycles. The minimum absolute atomic E-state index is 0.0283. The predicted molar refractivity (Wildman–Crippen MR) is 102 cm³/mol. The average molecular weight is 349 g/mol. The Morgan fingerprint density at radius 2 is 1.96 bits per heavy atom. The van der Waals surface area contributed by atoms with Crippen molar-refractivity contribution in [2.45, 2.75) is 32.7 Å². The van der Waals surface area contributed by atoms with Crippen LogP contribution in [0.4, 0.5) is 10.5 Å². The second kappa shape index (κ2) is 6.78. The molecule has 134 valence electrons. The summed E-state index contributed by atoms with van der Waals surface area (Å²) in [6.07, 6.45) is 3.62. The van der Waals surface area contributed by atoms with Crippen molar-refractivity contribution in [3.8, 4) is 0 Å². The summed E-state index contributed by atoms with van der Waals surface area (Å²) in [5, 5.41) is 3.00. The van der Waals surface area contributed by atoms with Crippen LogP contribution in [0.5, 0.6) is 0 Å². The first-order valence-electron chi connectivity index (χ1n) is 9.04. The molecule has 1 aliphatic rings. The number of aryl methyl sites for hydroxylation is 2. The van der Waals surface area contributed by atoms with Crippen molar-refractivity contribution in [1.29, 1.82) is 0 Å². The minimum Gasteiger partial charge on any atom is -0.324 e. The van der Waals surface area contributed by atoms with Gasteiger partial charge < -0.3 is 14.8 Å². The Balaban J connectivity index is 1.44. The van der Waals surface area contributed by atoms with Gasteiger partial charge >= 0.3 is 6.03 Å². The molecule has 0 atom stereocenters. The van der Waals surface area contributed by atoms with Crippen LogP contribution < -0.4 is 5.32 Å². The first-order valence-corrected chi connectivity index (χ1v) is 9.04. The van der Waals surface area contributed by atoms with Crippen molar-refractivity contribution in [2.75, 3.05) is 18.4 Å². The number of fused-ring (bicyclic) bond motifs is 1. The fourth-order valence-electron chi connectivity index (χ4n) is 3.73. The number of carbonyl (C=O) groups excluding carboxylic acids is 1. The molecule has 0 bridgehead atoms. The average Bonchev–Trinajstić information content (AvgIpc) is 2.97. The molecule has 26 heavy (non-hydrogen) atoms. The number of urea groups is 1. The normalized spacial score (nSPS) is 15.4. The van der Waals surface area contributed by atoms with Gasteiger partial charge in [-0.3, -0.25) is 0 Å². The number of nitrogens with zero attached hydrogens (tertiary/aromatic N) is 4. The SMILES string of the molecule is Cc1cccc(NC(=O)N2CCC(n3c(C)nc4cccnc43)CC2)c1. The number of carbonyl (C=O) groups is 1. The number of amides is 2. The molecule has 3 aromatic rings. The molecule has 0 aliphatic carbocycles. The highest BCUT2D eigenvalue weighted by Crippen LogP contribution is 2.28. The second-order valence-corrected chi connectivity index (χ2v) is 6.89. The summed E-state index contributed by atoms with van der Waals surface area (Å²) in [6, 6.07) is 12.1. The van der Waals surface area contributed by atoms with Gasteiger partial charge in [0.1, 0.15) is 11.3 Å². The number of benzene rings is 1. The molecule has 0 radical (unpaired) electrons. The molecule has 1 aliphatic heterocycles. The third kappa shape index (κ3) is 3.14. The summed E-state index contributed by atoms with van der Waals surface area (Å²) >= 11 is 0. The van der Waals surface area contributed by atoms with Crippen LogP contribution in [0.1, 0.15) is 30.3 Å². The molecule has 4 rings (SSSR count). The molecule has 1 N–H and O–H groups in total. The number of rotatable bonds is 2. The first kappa shape index (κ1) is 16.6. The van der Waals surface area contributed by atoms with Gasteiger partial charge in [0.2, 0.25) is 0 Å². The Labute approximate surface area is 152 Å². The van der Waals surface area contributed by atoms with Gasteiger partial charge in [-0.2, -0.15) is 0 Å². The van der Waals surface area contributed by atoms with E-state index in [9.17, 15) is 4.79 Å². The Morgan fingerprint density at radius 3 is 2.73 bits per heavy atom. The van der Waals surface area contributed by atoms with Gasteiger partial charge in [-0.25, -0.2) is 14.8 Å². The summed E-state index contributed by atoms with van der Waals surface area (Å²) < 4.78 is 2.23. The summed E-state index contributed by atoms with van der Waals surface area (Å²) in [4.78, 5) is 23.5. The number of aromatic nitrogens is 3. The molecule has 6 nitrogen and oxygen atoms in total. The van der Waals surface area contributed by atoms with Gasteiger partial charge in [-0.1, -0.05) is 12.1 Å². The van der Waals surface area contributed by atoms with Crippen LogP contribution >= 0.6 is 0 Å². The fraction of sp³-hybridized carbons (Fsp3) is 0.350. The van der Waals surface area contributed by atoms with Crippen molar-refractivity contribution in [1.82, 2.24) is 19.4 Å². The lowest BCUT2D eigenvalue weighted by molar-refractivity contribution is 0.184. The molecule has 1 fully saturated rings. The molecule has 2 amide bonds. The standard InChI is InChI=1S/C20H23N5O/c1-14-5-3-6-16(13-14)23-20(26)24-11-8-17(9-12-24)25-15(2)22-18-7-4-10-21-19(18)25/h3-7,10,13,17H,8-9,11-12H2,1-2H3,(H,23,26). The summed E-state index contributed by atoms with van der Waals surface area (Å²) in [6.45, 7) is 5.51. The summed E-state index contributed by atoms with van der Waals surface area (Å²) in [7, 11) is 0. The van der Waals surface area contributed by atoms with Gasteiger partial charge in [0.15, 0.2) is 5.65 Å². The number of imidazole rings is 1. The summed E-state index contributed by atoms with van der Waals surface area (Å²) in [5.41, 5.74) is 3.85. The van der Waals surface area contributed by atoms with E-state index in [-0.39, 0.29) is 6.03 Å². The maximum Gasteiger partial charge on any atom is 0.321 e. The van der Waals surface area contributed by atoms with E-state index in [1.807, 2.05) is 61.3 Å². The number of likely N-dealkylation sites (tertiary alicyclic amines) is 1. The molecule has 0 spiro atoms. The Morgan fingerprint density at radius 1 is 1.15 bits per heavy atom. The van der Waals surface area contributed by atoms with E-state index in [1.54, 1.807) is 0 Å². The highest BCUT2D eigenvalue weighted by atomic mass is 16.2. The van der Waals surface area contributed by atoms with Crippen LogP contribution in [0.25, 0.3) is 11.2 Å². The van der Waals surface area contributed by atoms with E-state index in [0.29, 0.717) is 6.04 Å². The summed E-state index contributed by atoms with van der Waals surface area (Å²) in [5.74, 6) is 0.987. The maximum absolute atomic E-state index is 12.5. The highest BCUT2D eigenvalue weighted by Gasteiger charge is 2.26. The molecule has 2 aromatic heterocycles. The largest absolute Gasteiger partial charge is 0.324 e. The Bertz CT molecular complexity index is 940. The smallest absolute Gasteiger partial charge is 0.321 e. The number of piperidine rings is 1. The number of hydrogen-bond acceptors (Lipinski definition) is 3. The fourth-order valence-corrected chi connectivity index (χ4v) is 3.73. The van der Waals surface area contributed by atoms with Gasteiger partial charge in [0, 0.05) is 31.0 Å². The molecular weight excluding hydrogens is 326 g/mol. The highest BCUT2D eigenvalue weighted by molar-refractivity contribution is 5.89. The lowest BCUT2D eigenvalue weighted by Crippen LogP contribution is -2.41. The van der Waals surface area contributed by atoms with Crippen molar-refractivity contribution >= 4 is 22.9 Å².